The van der Waals surface area contributed by atoms with E-state index in [9.17, 15) is 9.59 Å². The lowest BCUT2D eigenvalue weighted by Gasteiger charge is -2.12. The van der Waals surface area contributed by atoms with Crippen LogP contribution in [0.2, 0.25) is 0 Å². The van der Waals surface area contributed by atoms with Crippen molar-refractivity contribution in [2.75, 3.05) is 5.75 Å². The maximum atomic E-state index is 13.1. The quantitative estimate of drug-likeness (QED) is 0.301. The molecule has 2 aromatic heterocycles. The second kappa shape index (κ2) is 9.16. The second-order valence-electron chi connectivity index (χ2n) is 6.70. The van der Waals surface area contributed by atoms with Crippen LogP contribution in [0.1, 0.15) is 11.1 Å². The highest BCUT2D eigenvalue weighted by Crippen LogP contribution is 2.24. The first-order chi connectivity index (χ1) is 14.5. The standard InChI is InChI=1S/C22H18BrN3O2S2/c1-14-2-4-15(5-3-14)12-24-19(27)13-30-22-25-18-10-11-29-20(18)21(28)26(22)17-8-6-16(23)7-9-17/h2-11H,12-13H2,1H3,(H,24,27). The molecule has 0 bridgehead atoms. The molecule has 1 N–H and O–H groups in total. The Labute approximate surface area is 190 Å². The summed E-state index contributed by atoms with van der Waals surface area (Å²) in [6, 6.07) is 17.3. The summed E-state index contributed by atoms with van der Waals surface area (Å²) in [5, 5.41) is 5.28. The molecule has 2 aromatic carbocycles. The van der Waals surface area contributed by atoms with Gasteiger partial charge in [-0.1, -0.05) is 57.5 Å². The van der Waals surface area contributed by atoms with Crippen molar-refractivity contribution < 1.29 is 4.79 Å². The molecule has 0 aliphatic carbocycles. The third kappa shape index (κ3) is 4.66. The number of thioether (sulfide) groups is 1. The minimum absolute atomic E-state index is 0.109. The molecule has 0 atom stereocenters. The van der Waals surface area contributed by atoms with Gasteiger partial charge >= 0.3 is 0 Å². The third-order valence-electron chi connectivity index (χ3n) is 4.48. The number of benzene rings is 2. The molecule has 8 heteroatoms. The number of thiophene rings is 1. The van der Waals surface area contributed by atoms with Gasteiger partial charge in [-0.3, -0.25) is 14.2 Å². The van der Waals surface area contributed by atoms with Crippen molar-refractivity contribution in [1.82, 2.24) is 14.9 Å². The SMILES string of the molecule is Cc1ccc(CNC(=O)CSc2nc3ccsc3c(=O)n2-c2ccc(Br)cc2)cc1. The molecule has 0 unspecified atom stereocenters. The van der Waals surface area contributed by atoms with Crippen molar-refractivity contribution in [3.8, 4) is 5.69 Å². The summed E-state index contributed by atoms with van der Waals surface area (Å²) in [6.07, 6.45) is 0. The Bertz CT molecular complexity index is 1250. The van der Waals surface area contributed by atoms with E-state index in [1.165, 1.54) is 28.7 Å². The zero-order valence-electron chi connectivity index (χ0n) is 16.1. The third-order valence-corrected chi connectivity index (χ3v) is 6.84. The van der Waals surface area contributed by atoms with E-state index in [-0.39, 0.29) is 17.2 Å². The van der Waals surface area contributed by atoms with Crippen LogP contribution in [0.15, 0.2) is 74.4 Å². The Morgan fingerprint density at radius 1 is 1.13 bits per heavy atom. The van der Waals surface area contributed by atoms with Crippen LogP contribution in [0.3, 0.4) is 0 Å². The molecule has 0 aliphatic heterocycles. The number of carbonyl (C=O) groups is 1. The average Bonchev–Trinajstić information content (AvgIpc) is 3.22. The number of rotatable bonds is 6. The number of aromatic nitrogens is 2. The first-order valence-electron chi connectivity index (χ1n) is 9.22. The minimum atomic E-state index is -0.125. The predicted octanol–water partition coefficient (Wildman–Crippen LogP) is 4.93. The maximum Gasteiger partial charge on any atom is 0.276 e. The van der Waals surface area contributed by atoms with Crippen LogP contribution < -0.4 is 10.9 Å². The molecule has 152 valence electrons. The Hall–Kier alpha value is -2.42. The second-order valence-corrected chi connectivity index (χ2v) is 9.47. The molecule has 0 aliphatic rings. The number of nitrogens with one attached hydrogen (secondary N) is 1. The number of carbonyl (C=O) groups excluding carboxylic acids is 1. The van der Waals surface area contributed by atoms with Gasteiger partial charge in [-0.25, -0.2) is 4.98 Å². The summed E-state index contributed by atoms with van der Waals surface area (Å²) in [7, 11) is 0. The molecule has 0 saturated carbocycles. The summed E-state index contributed by atoms with van der Waals surface area (Å²) in [5.41, 5.74) is 3.47. The lowest BCUT2D eigenvalue weighted by Crippen LogP contribution is -2.26. The maximum absolute atomic E-state index is 13.1. The van der Waals surface area contributed by atoms with Gasteiger partial charge in [-0.05, 0) is 48.2 Å². The molecule has 4 rings (SSSR count). The lowest BCUT2D eigenvalue weighted by atomic mass is 10.1. The normalized spacial score (nSPS) is 11.0. The van der Waals surface area contributed by atoms with Crippen molar-refractivity contribution in [3.63, 3.8) is 0 Å². The summed E-state index contributed by atoms with van der Waals surface area (Å²) >= 11 is 6.05. The minimum Gasteiger partial charge on any atom is -0.351 e. The van der Waals surface area contributed by atoms with Gasteiger partial charge in [0.1, 0.15) is 4.70 Å². The molecule has 2 heterocycles. The van der Waals surface area contributed by atoms with Gasteiger partial charge < -0.3 is 5.32 Å². The highest BCUT2D eigenvalue weighted by Gasteiger charge is 2.15. The molecule has 0 spiro atoms. The van der Waals surface area contributed by atoms with E-state index in [0.29, 0.717) is 27.6 Å². The fraction of sp³-hybridized carbons (Fsp3) is 0.136. The van der Waals surface area contributed by atoms with Crippen LogP contribution in [0.4, 0.5) is 0 Å². The first kappa shape index (κ1) is 20.8. The van der Waals surface area contributed by atoms with E-state index in [1.54, 1.807) is 4.57 Å². The van der Waals surface area contributed by atoms with E-state index < -0.39 is 0 Å². The number of fused-ring (bicyclic) bond motifs is 1. The van der Waals surface area contributed by atoms with Gasteiger partial charge in [0, 0.05) is 11.0 Å². The first-order valence-corrected chi connectivity index (χ1v) is 11.9. The highest BCUT2D eigenvalue weighted by molar-refractivity contribution is 9.10. The summed E-state index contributed by atoms with van der Waals surface area (Å²) in [5.74, 6) is 0.0624. The van der Waals surface area contributed by atoms with Crippen molar-refractivity contribution in [2.45, 2.75) is 18.6 Å². The van der Waals surface area contributed by atoms with E-state index in [4.69, 9.17) is 0 Å². The Morgan fingerprint density at radius 3 is 2.60 bits per heavy atom. The van der Waals surface area contributed by atoms with Crippen LogP contribution in [-0.2, 0) is 11.3 Å². The van der Waals surface area contributed by atoms with Gasteiger partial charge in [0.25, 0.3) is 5.56 Å². The van der Waals surface area contributed by atoms with Crippen molar-refractivity contribution >= 4 is 55.2 Å². The number of hydrogen-bond acceptors (Lipinski definition) is 5. The number of nitrogens with zero attached hydrogens (tertiary/aromatic N) is 2. The van der Waals surface area contributed by atoms with Crippen LogP contribution >= 0.6 is 39.0 Å². The van der Waals surface area contributed by atoms with E-state index in [1.807, 2.05) is 66.9 Å². The van der Waals surface area contributed by atoms with Crippen molar-refractivity contribution in [1.29, 1.82) is 0 Å². The lowest BCUT2D eigenvalue weighted by molar-refractivity contribution is -0.118. The van der Waals surface area contributed by atoms with Gasteiger partial charge in [0.05, 0.1) is 17.0 Å². The van der Waals surface area contributed by atoms with Crippen LogP contribution in [0.5, 0.6) is 0 Å². The highest BCUT2D eigenvalue weighted by atomic mass is 79.9. The zero-order chi connectivity index (χ0) is 21.1. The molecule has 30 heavy (non-hydrogen) atoms. The molecular formula is C22H18BrN3O2S2. The molecule has 0 saturated heterocycles. The molecular weight excluding hydrogens is 482 g/mol. The number of hydrogen-bond donors (Lipinski definition) is 1. The monoisotopic (exact) mass is 499 g/mol. The smallest absolute Gasteiger partial charge is 0.276 e. The fourth-order valence-electron chi connectivity index (χ4n) is 2.89. The van der Waals surface area contributed by atoms with Crippen molar-refractivity contribution in [2.24, 2.45) is 0 Å². The van der Waals surface area contributed by atoms with Crippen LogP contribution in [-0.4, -0.2) is 21.2 Å². The van der Waals surface area contributed by atoms with Gasteiger partial charge in [0.2, 0.25) is 5.91 Å². The Morgan fingerprint density at radius 2 is 1.87 bits per heavy atom. The number of halogens is 1. The molecule has 0 fully saturated rings. The molecule has 0 radical (unpaired) electrons. The van der Waals surface area contributed by atoms with E-state index in [0.717, 1.165) is 10.0 Å². The fourth-order valence-corrected chi connectivity index (χ4v) is 4.76. The topological polar surface area (TPSA) is 64.0 Å². The van der Waals surface area contributed by atoms with E-state index >= 15 is 0 Å². The Balaban J connectivity index is 1.55. The molecule has 1 amide bonds. The summed E-state index contributed by atoms with van der Waals surface area (Å²) < 4.78 is 3.10. The average molecular weight is 500 g/mol. The van der Waals surface area contributed by atoms with E-state index in [2.05, 4.69) is 26.2 Å². The Kier molecular flexibility index (Phi) is 6.36. The summed E-state index contributed by atoms with van der Waals surface area (Å²) in [6.45, 7) is 2.50. The van der Waals surface area contributed by atoms with Crippen LogP contribution in [0, 0.1) is 6.92 Å². The number of aryl methyl sites for hydroxylation is 1. The van der Waals surface area contributed by atoms with Gasteiger partial charge in [-0.15, -0.1) is 11.3 Å². The number of amides is 1. The zero-order valence-corrected chi connectivity index (χ0v) is 19.3. The van der Waals surface area contributed by atoms with Crippen molar-refractivity contribution in [3.05, 3.63) is 85.9 Å². The van der Waals surface area contributed by atoms with Crippen LogP contribution in [0.25, 0.3) is 15.9 Å². The van der Waals surface area contributed by atoms with Gasteiger partial charge in [-0.2, -0.15) is 0 Å². The molecule has 4 aromatic rings. The largest absolute Gasteiger partial charge is 0.351 e. The predicted molar refractivity (Wildman–Crippen MR) is 127 cm³/mol. The van der Waals surface area contributed by atoms with Gasteiger partial charge in [0.15, 0.2) is 5.16 Å². The molecule has 5 nitrogen and oxygen atoms in total. The summed E-state index contributed by atoms with van der Waals surface area (Å²) in [4.78, 5) is 30.1.